The zero-order valence-corrected chi connectivity index (χ0v) is 9.49. The van der Waals surface area contributed by atoms with Gasteiger partial charge in [-0.3, -0.25) is 0 Å². The summed E-state index contributed by atoms with van der Waals surface area (Å²) in [5.74, 6) is 0.0399. The average Bonchev–Trinajstić information content (AvgIpc) is 2.58. The van der Waals surface area contributed by atoms with E-state index in [1.54, 1.807) is 6.07 Å². The molecule has 0 nitrogen and oxygen atoms in total. The van der Waals surface area contributed by atoms with Gasteiger partial charge >= 0.3 is 6.18 Å². The topological polar surface area (TPSA) is 0 Å². The van der Waals surface area contributed by atoms with Crippen LogP contribution in [0.2, 0.25) is 0 Å². The van der Waals surface area contributed by atoms with Gasteiger partial charge in [-0.15, -0.1) is 0 Å². The number of hydrogen-bond acceptors (Lipinski definition) is 0. The van der Waals surface area contributed by atoms with Crippen molar-refractivity contribution >= 4 is 0 Å². The van der Waals surface area contributed by atoms with Gasteiger partial charge in [0.05, 0.1) is 5.56 Å². The number of hydrogen-bond donors (Lipinski definition) is 0. The summed E-state index contributed by atoms with van der Waals surface area (Å²) in [5.41, 5.74) is 2.15. The molecule has 16 heavy (non-hydrogen) atoms. The molecule has 0 saturated heterocycles. The van der Waals surface area contributed by atoms with Crippen molar-refractivity contribution in [3.05, 3.63) is 34.4 Å². The lowest BCUT2D eigenvalue weighted by Crippen LogP contribution is -2.11. The van der Waals surface area contributed by atoms with Gasteiger partial charge in [-0.1, -0.05) is 19.9 Å². The van der Waals surface area contributed by atoms with Gasteiger partial charge in [-0.25, -0.2) is 0 Å². The van der Waals surface area contributed by atoms with E-state index in [1.807, 2.05) is 13.8 Å². The fourth-order valence-electron chi connectivity index (χ4n) is 2.65. The van der Waals surface area contributed by atoms with Crippen LogP contribution in [0.3, 0.4) is 0 Å². The van der Waals surface area contributed by atoms with E-state index in [4.69, 9.17) is 0 Å². The molecule has 0 amide bonds. The van der Waals surface area contributed by atoms with Gasteiger partial charge in [-0.2, -0.15) is 13.2 Å². The molecule has 0 fully saturated rings. The first-order valence-corrected chi connectivity index (χ1v) is 5.67. The van der Waals surface area contributed by atoms with Crippen LogP contribution in [-0.4, -0.2) is 0 Å². The molecule has 0 radical (unpaired) electrons. The van der Waals surface area contributed by atoms with Crippen LogP contribution in [0.25, 0.3) is 0 Å². The van der Waals surface area contributed by atoms with Crippen LogP contribution in [-0.2, 0) is 19.0 Å². The summed E-state index contributed by atoms with van der Waals surface area (Å²) in [6.07, 6.45) is -1.76. The molecule has 0 spiro atoms. The standard InChI is InChI=1S/C13H15F3/c1-3-9-5-7-11(13(14,15)16)12-8(2)4-6-10(9)12/h5,7-8H,3-4,6H2,1-2H3. The fourth-order valence-corrected chi connectivity index (χ4v) is 2.65. The molecule has 0 aliphatic heterocycles. The summed E-state index contributed by atoms with van der Waals surface area (Å²) >= 11 is 0. The van der Waals surface area contributed by atoms with Crippen molar-refractivity contribution in [1.29, 1.82) is 0 Å². The SMILES string of the molecule is CCc1ccc(C(F)(F)F)c2c1CCC2C. The van der Waals surface area contributed by atoms with E-state index < -0.39 is 11.7 Å². The Bertz CT molecular complexity index is 404. The van der Waals surface area contributed by atoms with Crippen molar-refractivity contribution in [2.24, 2.45) is 0 Å². The summed E-state index contributed by atoms with van der Waals surface area (Å²) in [7, 11) is 0. The third-order valence-electron chi connectivity index (χ3n) is 3.46. The lowest BCUT2D eigenvalue weighted by Gasteiger charge is -2.17. The predicted octanol–water partition coefficient (Wildman–Crippen LogP) is 4.32. The molecule has 1 aromatic rings. The van der Waals surface area contributed by atoms with Crippen LogP contribution in [0.5, 0.6) is 0 Å². The minimum atomic E-state index is -4.21. The Hall–Kier alpha value is -0.990. The molecule has 0 aromatic heterocycles. The maximum absolute atomic E-state index is 12.9. The van der Waals surface area contributed by atoms with Gasteiger partial charge in [0.1, 0.15) is 0 Å². The zero-order chi connectivity index (χ0) is 11.9. The monoisotopic (exact) mass is 228 g/mol. The quantitative estimate of drug-likeness (QED) is 0.671. The van der Waals surface area contributed by atoms with E-state index in [9.17, 15) is 13.2 Å². The highest BCUT2D eigenvalue weighted by molar-refractivity contribution is 5.47. The summed E-state index contributed by atoms with van der Waals surface area (Å²) in [4.78, 5) is 0. The largest absolute Gasteiger partial charge is 0.416 e. The Labute approximate surface area is 93.5 Å². The molecule has 88 valence electrons. The molecule has 1 atom stereocenters. The van der Waals surface area contributed by atoms with E-state index in [-0.39, 0.29) is 5.92 Å². The number of aryl methyl sites for hydroxylation is 1. The Morgan fingerprint density at radius 2 is 2.00 bits per heavy atom. The van der Waals surface area contributed by atoms with Gasteiger partial charge < -0.3 is 0 Å². The molecule has 1 aliphatic carbocycles. The molecule has 0 bridgehead atoms. The Kier molecular flexibility index (Phi) is 2.72. The maximum atomic E-state index is 12.9. The molecule has 1 aromatic carbocycles. The highest BCUT2D eigenvalue weighted by Gasteiger charge is 2.37. The van der Waals surface area contributed by atoms with E-state index in [2.05, 4.69) is 0 Å². The predicted molar refractivity (Wildman–Crippen MR) is 57.6 cm³/mol. The molecule has 0 saturated carbocycles. The molecule has 1 unspecified atom stereocenters. The molecule has 2 rings (SSSR count). The van der Waals surface area contributed by atoms with Crippen molar-refractivity contribution in [3.8, 4) is 0 Å². The third kappa shape index (κ3) is 1.72. The number of fused-ring (bicyclic) bond motifs is 1. The second-order valence-corrected chi connectivity index (χ2v) is 4.46. The molecule has 3 heteroatoms. The molecule has 0 N–H and O–H groups in total. The Balaban J connectivity index is 2.63. The van der Waals surface area contributed by atoms with Crippen LogP contribution in [0.15, 0.2) is 12.1 Å². The molecule has 1 aliphatic rings. The number of halogens is 3. The van der Waals surface area contributed by atoms with Crippen molar-refractivity contribution in [1.82, 2.24) is 0 Å². The van der Waals surface area contributed by atoms with Gasteiger partial charge in [0.25, 0.3) is 0 Å². The number of alkyl halides is 3. The second-order valence-electron chi connectivity index (χ2n) is 4.46. The molecular formula is C13H15F3. The van der Waals surface area contributed by atoms with Crippen LogP contribution in [0.1, 0.15) is 48.4 Å². The van der Waals surface area contributed by atoms with Gasteiger partial charge in [0.2, 0.25) is 0 Å². The third-order valence-corrected chi connectivity index (χ3v) is 3.46. The van der Waals surface area contributed by atoms with E-state index in [1.165, 1.54) is 6.07 Å². The number of rotatable bonds is 1. The first-order valence-electron chi connectivity index (χ1n) is 5.67. The fraction of sp³-hybridized carbons (Fsp3) is 0.538. The molecule has 0 heterocycles. The average molecular weight is 228 g/mol. The Morgan fingerprint density at radius 1 is 1.31 bits per heavy atom. The number of benzene rings is 1. The minimum Gasteiger partial charge on any atom is -0.166 e. The van der Waals surface area contributed by atoms with Crippen LogP contribution in [0.4, 0.5) is 13.2 Å². The van der Waals surface area contributed by atoms with Crippen molar-refractivity contribution < 1.29 is 13.2 Å². The van der Waals surface area contributed by atoms with Gasteiger partial charge in [-0.05, 0) is 47.9 Å². The van der Waals surface area contributed by atoms with E-state index in [0.717, 1.165) is 30.4 Å². The van der Waals surface area contributed by atoms with Crippen molar-refractivity contribution in [2.45, 2.75) is 45.2 Å². The second kappa shape index (κ2) is 3.79. The van der Waals surface area contributed by atoms with Gasteiger partial charge in [0.15, 0.2) is 0 Å². The summed E-state index contributed by atoms with van der Waals surface area (Å²) in [6.45, 7) is 3.88. The summed E-state index contributed by atoms with van der Waals surface area (Å²) < 4.78 is 38.6. The zero-order valence-electron chi connectivity index (χ0n) is 9.49. The van der Waals surface area contributed by atoms with Crippen LogP contribution < -0.4 is 0 Å². The highest BCUT2D eigenvalue weighted by atomic mass is 19.4. The maximum Gasteiger partial charge on any atom is 0.416 e. The molecular weight excluding hydrogens is 213 g/mol. The normalized spacial score (nSPS) is 19.9. The lowest BCUT2D eigenvalue weighted by atomic mass is 9.93. The summed E-state index contributed by atoms with van der Waals surface area (Å²) in [5, 5.41) is 0. The highest BCUT2D eigenvalue weighted by Crippen LogP contribution is 2.43. The van der Waals surface area contributed by atoms with Crippen LogP contribution >= 0.6 is 0 Å². The smallest absolute Gasteiger partial charge is 0.166 e. The van der Waals surface area contributed by atoms with Gasteiger partial charge in [0, 0.05) is 0 Å². The first kappa shape index (κ1) is 11.5. The van der Waals surface area contributed by atoms with Crippen molar-refractivity contribution in [2.75, 3.05) is 0 Å². The first-order chi connectivity index (χ1) is 7.45. The van der Waals surface area contributed by atoms with Crippen molar-refractivity contribution in [3.63, 3.8) is 0 Å². The minimum absolute atomic E-state index is 0.0399. The summed E-state index contributed by atoms with van der Waals surface area (Å²) in [6, 6.07) is 2.89. The van der Waals surface area contributed by atoms with E-state index >= 15 is 0 Å². The Morgan fingerprint density at radius 3 is 2.56 bits per heavy atom. The lowest BCUT2D eigenvalue weighted by molar-refractivity contribution is -0.138. The van der Waals surface area contributed by atoms with E-state index in [0.29, 0.717) is 5.56 Å². The van der Waals surface area contributed by atoms with Crippen LogP contribution in [0, 0.1) is 0 Å².